The second-order valence-corrected chi connectivity index (χ2v) is 9.23. The van der Waals surface area contributed by atoms with Crippen molar-refractivity contribution in [2.75, 3.05) is 19.6 Å². The third kappa shape index (κ3) is 5.18. The second-order valence-electron chi connectivity index (χ2n) is 8.79. The molecule has 0 unspecified atom stereocenters. The molecule has 0 bridgehead atoms. The molecule has 1 aliphatic carbocycles. The lowest BCUT2D eigenvalue weighted by Gasteiger charge is -2.48. The van der Waals surface area contributed by atoms with Crippen molar-refractivity contribution < 1.29 is 28.1 Å². The van der Waals surface area contributed by atoms with Gasteiger partial charge in [-0.3, -0.25) is 10.2 Å². The van der Waals surface area contributed by atoms with E-state index in [1.54, 1.807) is 23.5 Å². The van der Waals surface area contributed by atoms with Crippen LogP contribution >= 0.6 is 11.6 Å². The number of nitrogens with two attached hydrogens (primary N) is 2. The van der Waals surface area contributed by atoms with Crippen molar-refractivity contribution in [3.05, 3.63) is 81.8 Å². The van der Waals surface area contributed by atoms with Crippen LogP contribution in [0, 0.1) is 11.2 Å². The van der Waals surface area contributed by atoms with Gasteiger partial charge in [-0.25, -0.2) is 18.0 Å². The molecule has 1 aliphatic heterocycles. The highest BCUT2D eigenvalue weighted by Gasteiger charge is 2.58. The van der Waals surface area contributed by atoms with E-state index in [4.69, 9.17) is 22.7 Å². The highest BCUT2D eigenvalue weighted by molar-refractivity contribution is 6.32. The summed E-state index contributed by atoms with van der Waals surface area (Å²) >= 11 is 6.01. The molecule has 35 heavy (non-hydrogen) atoms. The van der Waals surface area contributed by atoms with Crippen molar-refractivity contribution in [1.82, 2.24) is 10.2 Å². The summed E-state index contributed by atoms with van der Waals surface area (Å²) in [4.78, 5) is 26.8. The third-order valence-corrected chi connectivity index (χ3v) is 6.47. The molecule has 0 radical (unpaired) electrons. The molecule has 1 heterocycles. The smallest absolute Gasteiger partial charge is 0.318 e. The van der Waals surface area contributed by atoms with Crippen LogP contribution in [0.4, 0.5) is 18.0 Å². The molecule has 184 valence electrons. The maximum Gasteiger partial charge on any atom is 0.318 e. The zero-order valence-corrected chi connectivity index (χ0v) is 19.3. The van der Waals surface area contributed by atoms with Gasteiger partial charge < -0.3 is 21.3 Å². The number of piperazine rings is 1. The lowest BCUT2D eigenvalue weighted by molar-refractivity contribution is -0.615. The van der Waals surface area contributed by atoms with E-state index >= 15 is 0 Å². The number of carbonyl (C=O) groups excluding carboxylic acids is 2. The summed E-state index contributed by atoms with van der Waals surface area (Å²) in [5.74, 6) is -4.29. The van der Waals surface area contributed by atoms with Crippen molar-refractivity contribution in [3.63, 3.8) is 0 Å². The Hall–Kier alpha value is -3.37. The Kier molecular flexibility index (Phi) is 6.61. The molecule has 7 nitrogen and oxygen atoms in total. The Morgan fingerprint density at radius 2 is 1.83 bits per heavy atom. The molecular formula is C24H24ClF3N5O2+. The summed E-state index contributed by atoms with van der Waals surface area (Å²) in [6.07, 6.45) is -1.21. The fourth-order valence-corrected chi connectivity index (χ4v) is 4.77. The fourth-order valence-electron chi connectivity index (χ4n) is 4.58. The van der Waals surface area contributed by atoms with Gasteiger partial charge in [-0.05, 0) is 29.8 Å². The van der Waals surface area contributed by atoms with Gasteiger partial charge in [0.15, 0.2) is 0 Å². The van der Waals surface area contributed by atoms with Crippen LogP contribution in [0.15, 0.2) is 59.8 Å². The monoisotopic (exact) mass is 506 g/mol. The molecule has 1 saturated heterocycles. The number of nitrogens with zero attached hydrogens (tertiary/aromatic N) is 1. The number of primary amides is 1. The van der Waals surface area contributed by atoms with Crippen LogP contribution in [0.1, 0.15) is 24.0 Å². The lowest BCUT2D eigenvalue weighted by Crippen LogP contribution is -2.88. The molecule has 6 N–H and O–H groups in total. The van der Waals surface area contributed by atoms with E-state index in [1.807, 2.05) is 0 Å². The molecule has 4 rings (SSSR count). The molecule has 2 aliphatic rings. The summed E-state index contributed by atoms with van der Waals surface area (Å²) in [5, 5.41) is 13.3. The van der Waals surface area contributed by atoms with Gasteiger partial charge in [-0.1, -0.05) is 35.9 Å². The topological polar surface area (TPSA) is 116 Å². The van der Waals surface area contributed by atoms with E-state index in [0.29, 0.717) is 28.4 Å². The molecule has 0 atom stereocenters. The molecule has 1 saturated carbocycles. The molecular weight excluding hydrogens is 483 g/mol. The van der Waals surface area contributed by atoms with Gasteiger partial charge >= 0.3 is 6.03 Å². The number of quaternary nitrogens is 1. The quantitative estimate of drug-likeness (QED) is 0.368. The van der Waals surface area contributed by atoms with Crippen LogP contribution in [0.3, 0.4) is 0 Å². The average molecular weight is 507 g/mol. The van der Waals surface area contributed by atoms with Crippen LogP contribution in [0.25, 0.3) is 0 Å². The van der Waals surface area contributed by atoms with Gasteiger partial charge in [0.05, 0.1) is 30.9 Å². The maximum atomic E-state index is 13.9. The van der Waals surface area contributed by atoms with Crippen molar-refractivity contribution >= 4 is 29.3 Å². The lowest BCUT2D eigenvalue weighted by atomic mass is 9.69. The van der Waals surface area contributed by atoms with Gasteiger partial charge in [-0.2, -0.15) is 0 Å². The minimum atomic E-state index is -2.95. The fraction of sp³-hybridized carbons (Fsp3) is 0.292. The van der Waals surface area contributed by atoms with Gasteiger partial charge in [0, 0.05) is 23.4 Å². The first-order valence-corrected chi connectivity index (χ1v) is 11.3. The van der Waals surface area contributed by atoms with E-state index in [9.17, 15) is 22.8 Å². The minimum Gasteiger partial charge on any atom is -0.365 e. The number of alkyl halides is 2. The largest absolute Gasteiger partial charge is 0.365 e. The summed E-state index contributed by atoms with van der Waals surface area (Å²) in [7, 11) is 0. The Morgan fingerprint density at radius 3 is 2.43 bits per heavy atom. The van der Waals surface area contributed by atoms with E-state index < -0.39 is 42.1 Å². The van der Waals surface area contributed by atoms with Crippen LogP contribution in [-0.4, -0.2) is 48.1 Å². The van der Waals surface area contributed by atoms with Crippen LogP contribution in [0.5, 0.6) is 0 Å². The van der Waals surface area contributed by atoms with Crippen molar-refractivity contribution in [3.8, 4) is 0 Å². The third-order valence-electron chi connectivity index (χ3n) is 6.23. The molecule has 0 aromatic heterocycles. The molecule has 2 aromatic carbocycles. The first kappa shape index (κ1) is 24.7. The van der Waals surface area contributed by atoms with Gasteiger partial charge in [0.1, 0.15) is 17.1 Å². The Balaban J connectivity index is 1.58. The number of halogens is 4. The van der Waals surface area contributed by atoms with E-state index in [-0.39, 0.29) is 24.4 Å². The zero-order chi connectivity index (χ0) is 25.4. The summed E-state index contributed by atoms with van der Waals surface area (Å²) in [6.45, 7) is 0.618. The minimum absolute atomic E-state index is 0.0387. The number of hydrogen-bond donors (Lipinski definition) is 4. The number of hydrogen-bond acceptors (Lipinski definition) is 3. The van der Waals surface area contributed by atoms with Crippen LogP contribution in [-0.2, 0) is 10.3 Å². The number of urea groups is 1. The van der Waals surface area contributed by atoms with Crippen molar-refractivity contribution in [2.24, 2.45) is 5.73 Å². The zero-order valence-electron chi connectivity index (χ0n) is 18.6. The van der Waals surface area contributed by atoms with E-state index in [0.717, 1.165) is 12.1 Å². The van der Waals surface area contributed by atoms with Gasteiger partial charge in [0.2, 0.25) is 0 Å². The SMILES string of the molecule is N=C(/C(C(N)=O)=C1/CN(C(=O)NC2(c3ccc(F)cc3)CC(F)(F)C2)CC[NH2+]1)c1cccc(Cl)c1. The first-order chi connectivity index (χ1) is 16.5. The molecule has 0 spiro atoms. The number of amides is 3. The number of rotatable bonds is 5. The summed E-state index contributed by atoms with van der Waals surface area (Å²) in [6, 6.07) is 10.9. The Labute approximate surface area is 204 Å². The predicted molar refractivity (Wildman–Crippen MR) is 124 cm³/mol. The number of benzene rings is 2. The maximum absolute atomic E-state index is 13.9. The van der Waals surface area contributed by atoms with E-state index in [2.05, 4.69) is 5.32 Å². The predicted octanol–water partition coefficient (Wildman–Crippen LogP) is 2.50. The average Bonchev–Trinajstić information content (AvgIpc) is 2.78. The standard InChI is InChI=1S/C24H23ClF3N5O2/c25-16-3-1-2-14(10-16)20(29)19(21(30)34)18-11-33(9-8-31-18)22(35)32-23(12-24(27,28)13-23)15-4-6-17(26)7-5-15/h1-7,10,29,31H,8-9,11-13H2,(H2,30,34)(H,32,35)/p+1/b19-18+,29-20?. The molecule has 3 amide bonds. The number of carbonyl (C=O) groups is 2. The summed E-state index contributed by atoms with van der Waals surface area (Å²) < 4.78 is 41.2. The van der Waals surface area contributed by atoms with Gasteiger partial charge in [0.25, 0.3) is 11.8 Å². The van der Waals surface area contributed by atoms with Crippen LogP contribution < -0.4 is 16.4 Å². The summed E-state index contributed by atoms with van der Waals surface area (Å²) in [5.41, 5.74) is 5.24. The Morgan fingerprint density at radius 1 is 1.14 bits per heavy atom. The first-order valence-electron chi connectivity index (χ1n) is 10.9. The highest BCUT2D eigenvalue weighted by atomic mass is 35.5. The second kappa shape index (κ2) is 9.35. The van der Waals surface area contributed by atoms with Crippen LogP contribution in [0.2, 0.25) is 5.02 Å². The van der Waals surface area contributed by atoms with Gasteiger partial charge in [-0.15, -0.1) is 0 Å². The molecule has 11 heteroatoms. The highest BCUT2D eigenvalue weighted by Crippen LogP contribution is 2.51. The number of nitrogens with one attached hydrogen (secondary N) is 2. The molecule has 2 fully saturated rings. The molecule has 2 aromatic rings. The Bertz CT molecular complexity index is 1210. The van der Waals surface area contributed by atoms with Crippen molar-refractivity contribution in [2.45, 2.75) is 24.3 Å². The normalized spacial score (nSPS) is 19.9. The van der Waals surface area contributed by atoms with Crippen molar-refractivity contribution in [1.29, 1.82) is 5.41 Å². The van der Waals surface area contributed by atoms with E-state index in [1.165, 1.54) is 23.1 Å².